The highest BCUT2D eigenvalue weighted by Crippen LogP contribution is 2.20. The zero-order valence-corrected chi connectivity index (χ0v) is 19.9. The van der Waals surface area contributed by atoms with Crippen LogP contribution in [-0.4, -0.2) is 57.0 Å². The molecule has 2 aromatic carbocycles. The van der Waals surface area contributed by atoms with E-state index in [9.17, 15) is 18.8 Å². The average molecular weight is 488 g/mol. The number of halogens is 1. The molecule has 1 amide bonds. The van der Waals surface area contributed by atoms with Crippen molar-refractivity contribution in [3.05, 3.63) is 88.7 Å². The minimum absolute atomic E-state index is 0.00820. The zero-order chi connectivity index (χ0) is 25.2. The van der Waals surface area contributed by atoms with E-state index in [0.717, 1.165) is 11.3 Å². The van der Waals surface area contributed by atoms with Crippen molar-refractivity contribution in [1.29, 1.82) is 0 Å². The number of amides is 1. The number of hydrogen-bond acceptors (Lipinski definition) is 5. The molecular weight excluding hydrogens is 461 g/mol. The number of fused-ring (bicyclic) bond motifs is 1. The largest absolute Gasteiger partial charge is 0.368 e. The lowest BCUT2D eigenvalue weighted by atomic mass is 10.1. The quantitative estimate of drug-likeness (QED) is 0.390. The van der Waals surface area contributed by atoms with Crippen molar-refractivity contribution in [3.8, 4) is 11.3 Å². The first-order chi connectivity index (χ1) is 17.4. The highest BCUT2D eigenvalue weighted by atomic mass is 19.1. The third-order valence-corrected chi connectivity index (χ3v) is 6.58. The second kappa shape index (κ2) is 9.77. The van der Waals surface area contributed by atoms with Crippen molar-refractivity contribution in [2.75, 3.05) is 31.1 Å². The number of aryl methyl sites for hydroxylation is 1. The van der Waals surface area contributed by atoms with Gasteiger partial charge in [0.25, 0.3) is 5.56 Å². The van der Waals surface area contributed by atoms with Crippen molar-refractivity contribution in [2.24, 2.45) is 0 Å². The summed E-state index contributed by atoms with van der Waals surface area (Å²) in [6.45, 7) is 4.44. The molecule has 8 nitrogen and oxygen atoms in total. The van der Waals surface area contributed by atoms with Crippen molar-refractivity contribution >= 4 is 22.9 Å². The standard InChI is InChI=1S/C27H26FN5O3/c1-19(34)20-4-8-23(9-5-20)30-12-14-31(15-13-30)26(35)10-11-32-16-17-33-25(27(32)36)18-24(29-33)21-2-6-22(28)7-3-21/h2-9,16-18H,10-15H2,1H3. The zero-order valence-electron chi connectivity index (χ0n) is 19.9. The van der Waals surface area contributed by atoms with Crippen LogP contribution in [0.4, 0.5) is 10.1 Å². The number of carbonyl (C=O) groups is 2. The number of rotatable bonds is 6. The van der Waals surface area contributed by atoms with Crippen LogP contribution in [0.3, 0.4) is 0 Å². The van der Waals surface area contributed by atoms with Gasteiger partial charge in [-0.3, -0.25) is 14.4 Å². The molecule has 36 heavy (non-hydrogen) atoms. The molecule has 3 heterocycles. The number of ketones is 1. The van der Waals surface area contributed by atoms with Crippen molar-refractivity contribution in [1.82, 2.24) is 19.1 Å². The summed E-state index contributed by atoms with van der Waals surface area (Å²) in [5, 5.41) is 4.41. The van der Waals surface area contributed by atoms with E-state index in [2.05, 4.69) is 10.00 Å². The molecular formula is C27H26FN5O3. The van der Waals surface area contributed by atoms with Crippen LogP contribution in [0.1, 0.15) is 23.7 Å². The summed E-state index contributed by atoms with van der Waals surface area (Å²) < 4.78 is 16.2. The van der Waals surface area contributed by atoms with Gasteiger partial charge >= 0.3 is 0 Å². The summed E-state index contributed by atoms with van der Waals surface area (Å²) in [5.74, 6) is -0.287. The number of benzene rings is 2. The highest BCUT2D eigenvalue weighted by Gasteiger charge is 2.21. The Kier molecular flexibility index (Phi) is 6.37. The molecule has 5 rings (SSSR count). The van der Waals surface area contributed by atoms with Crippen LogP contribution in [0.2, 0.25) is 0 Å². The molecule has 4 aromatic rings. The summed E-state index contributed by atoms with van der Waals surface area (Å²) in [7, 11) is 0. The fourth-order valence-corrected chi connectivity index (χ4v) is 4.46. The van der Waals surface area contributed by atoms with E-state index < -0.39 is 0 Å². The molecule has 2 aromatic heterocycles. The molecule has 9 heteroatoms. The van der Waals surface area contributed by atoms with Gasteiger partial charge in [-0.2, -0.15) is 5.10 Å². The Bertz CT molecular complexity index is 1470. The third kappa shape index (κ3) is 4.77. The number of nitrogens with zero attached hydrogens (tertiary/aromatic N) is 5. The molecule has 1 aliphatic heterocycles. The van der Waals surface area contributed by atoms with Gasteiger partial charge in [0.2, 0.25) is 5.91 Å². The lowest BCUT2D eigenvalue weighted by molar-refractivity contribution is -0.131. The van der Waals surface area contributed by atoms with Gasteiger partial charge in [-0.05, 0) is 61.5 Å². The van der Waals surface area contributed by atoms with E-state index in [4.69, 9.17) is 0 Å². The molecule has 0 spiro atoms. The van der Waals surface area contributed by atoms with Crippen LogP contribution < -0.4 is 10.5 Å². The molecule has 184 valence electrons. The van der Waals surface area contributed by atoms with Crippen LogP contribution >= 0.6 is 0 Å². The predicted octanol–water partition coefficient (Wildman–Crippen LogP) is 3.24. The molecule has 0 saturated carbocycles. The average Bonchev–Trinajstić information content (AvgIpc) is 3.34. The maximum atomic E-state index is 13.2. The summed E-state index contributed by atoms with van der Waals surface area (Å²) in [5.41, 5.74) is 3.18. The van der Waals surface area contributed by atoms with E-state index >= 15 is 0 Å². The number of carbonyl (C=O) groups excluding carboxylic acids is 2. The van der Waals surface area contributed by atoms with Crippen LogP contribution in [0.25, 0.3) is 16.8 Å². The minimum Gasteiger partial charge on any atom is -0.368 e. The van der Waals surface area contributed by atoms with E-state index in [0.29, 0.717) is 43.0 Å². The van der Waals surface area contributed by atoms with E-state index in [1.807, 2.05) is 29.2 Å². The highest BCUT2D eigenvalue weighted by molar-refractivity contribution is 5.94. The summed E-state index contributed by atoms with van der Waals surface area (Å²) in [6, 6.07) is 15.2. The van der Waals surface area contributed by atoms with E-state index in [1.54, 1.807) is 37.5 Å². The Labute approximate surface area is 207 Å². The lowest BCUT2D eigenvalue weighted by Gasteiger charge is -2.36. The Morgan fingerprint density at radius 1 is 0.944 bits per heavy atom. The maximum absolute atomic E-state index is 13.2. The first-order valence-corrected chi connectivity index (χ1v) is 11.9. The summed E-state index contributed by atoms with van der Waals surface area (Å²) >= 11 is 0. The summed E-state index contributed by atoms with van der Waals surface area (Å²) in [4.78, 5) is 41.3. The van der Waals surface area contributed by atoms with Gasteiger partial charge in [-0.1, -0.05) is 0 Å². The fourth-order valence-electron chi connectivity index (χ4n) is 4.46. The molecule has 0 unspecified atom stereocenters. The first-order valence-electron chi connectivity index (χ1n) is 11.9. The molecule has 1 fully saturated rings. The van der Waals surface area contributed by atoms with Gasteiger partial charge in [-0.25, -0.2) is 8.91 Å². The van der Waals surface area contributed by atoms with Crippen LogP contribution in [0.15, 0.2) is 71.8 Å². The van der Waals surface area contributed by atoms with Gasteiger partial charge < -0.3 is 14.4 Å². The van der Waals surface area contributed by atoms with Gasteiger partial charge in [0.1, 0.15) is 11.3 Å². The topological polar surface area (TPSA) is 79.9 Å². The molecule has 0 N–H and O–H groups in total. The van der Waals surface area contributed by atoms with Gasteiger partial charge in [-0.15, -0.1) is 0 Å². The Balaban J connectivity index is 1.20. The SMILES string of the molecule is CC(=O)c1ccc(N2CCN(C(=O)CCn3ccn4nc(-c5ccc(F)cc5)cc4c3=O)CC2)cc1. The second-order valence-electron chi connectivity index (χ2n) is 8.88. The van der Waals surface area contributed by atoms with Gasteiger partial charge in [0.15, 0.2) is 5.78 Å². The lowest BCUT2D eigenvalue weighted by Crippen LogP contribution is -2.49. The number of hydrogen-bond donors (Lipinski definition) is 0. The van der Waals surface area contributed by atoms with Crippen LogP contribution in [-0.2, 0) is 11.3 Å². The Morgan fingerprint density at radius 3 is 2.31 bits per heavy atom. The van der Waals surface area contributed by atoms with Gasteiger partial charge in [0.05, 0.1) is 5.69 Å². The molecule has 1 saturated heterocycles. The molecule has 0 atom stereocenters. The molecule has 0 radical (unpaired) electrons. The predicted molar refractivity (Wildman–Crippen MR) is 135 cm³/mol. The number of aromatic nitrogens is 3. The second-order valence-corrected chi connectivity index (χ2v) is 8.88. The molecule has 0 bridgehead atoms. The van der Waals surface area contributed by atoms with E-state index in [1.165, 1.54) is 21.2 Å². The molecule has 1 aliphatic rings. The Morgan fingerprint density at radius 2 is 1.64 bits per heavy atom. The minimum atomic E-state index is -0.334. The fraction of sp³-hybridized carbons (Fsp3) is 0.259. The normalized spacial score (nSPS) is 13.8. The molecule has 0 aliphatic carbocycles. The number of Topliss-reactive ketones (excluding diaryl/α,β-unsaturated/α-hetero) is 1. The monoisotopic (exact) mass is 487 g/mol. The van der Waals surface area contributed by atoms with Crippen LogP contribution in [0, 0.1) is 5.82 Å². The van der Waals surface area contributed by atoms with Crippen molar-refractivity contribution in [2.45, 2.75) is 19.9 Å². The van der Waals surface area contributed by atoms with Crippen molar-refractivity contribution < 1.29 is 14.0 Å². The summed E-state index contributed by atoms with van der Waals surface area (Å²) in [6.07, 6.45) is 3.54. The first kappa shape index (κ1) is 23.5. The van der Waals surface area contributed by atoms with Gasteiger partial charge in [0, 0.05) is 68.4 Å². The number of anilines is 1. The smallest absolute Gasteiger partial charge is 0.276 e. The van der Waals surface area contributed by atoms with Crippen molar-refractivity contribution in [3.63, 3.8) is 0 Å². The third-order valence-electron chi connectivity index (χ3n) is 6.58. The Hall–Kier alpha value is -4.27. The van der Waals surface area contributed by atoms with E-state index in [-0.39, 0.29) is 36.0 Å². The maximum Gasteiger partial charge on any atom is 0.276 e. The number of piperazine rings is 1. The van der Waals surface area contributed by atoms with Crippen LogP contribution in [0.5, 0.6) is 0 Å².